The number of fused-ring (bicyclic) bond motifs is 1. The average molecular weight is 415 g/mol. The lowest BCUT2D eigenvalue weighted by atomic mass is 10.1. The minimum absolute atomic E-state index is 0.137. The van der Waals surface area contributed by atoms with E-state index in [0.29, 0.717) is 24.1 Å². The summed E-state index contributed by atoms with van der Waals surface area (Å²) in [4.78, 5) is 15.9. The molecule has 152 valence electrons. The zero-order chi connectivity index (χ0) is 21.5. The molecule has 1 atom stereocenters. The molecule has 0 bridgehead atoms. The number of alkyl halides is 3. The molecule has 30 heavy (non-hydrogen) atoms. The molecule has 2 aromatic heterocycles. The summed E-state index contributed by atoms with van der Waals surface area (Å²) in [5.74, 6) is -1.20. The van der Waals surface area contributed by atoms with Gasteiger partial charge in [0, 0.05) is 23.5 Å². The van der Waals surface area contributed by atoms with Crippen molar-refractivity contribution in [1.29, 1.82) is 5.26 Å². The van der Waals surface area contributed by atoms with Crippen LogP contribution in [0.2, 0.25) is 0 Å². The fourth-order valence-corrected chi connectivity index (χ4v) is 3.34. The van der Waals surface area contributed by atoms with E-state index in [1.807, 2.05) is 0 Å². The van der Waals surface area contributed by atoms with Crippen LogP contribution in [-0.4, -0.2) is 20.7 Å². The van der Waals surface area contributed by atoms with E-state index in [1.165, 1.54) is 22.9 Å². The normalized spacial score (nSPS) is 15.5. The van der Waals surface area contributed by atoms with E-state index >= 15 is 0 Å². The monoisotopic (exact) mass is 415 g/mol. The molecule has 0 saturated heterocycles. The smallest absolute Gasteiger partial charge is 0.345 e. The Morgan fingerprint density at radius 2 is 2.07 bits per heavy atom. The molecule has 2 heterocycles. The van der Waals surface area contributed by atoms with Gasteiger partial charge in [-0.3, -0.25) is 9.78 Å². The summed E-state index contributed by atoms with van der Waals surface area (Å²) in [5.41, 5.74) is 0.441. The molecule has 0 unspecified atom stereocenters. The maximum Gasteiger partial charge on any atom is 0.433 e. The summed E-state index contributed by atoms with van der Waals surface area (Å²) < 4.78 is 53.5. The number of nitrogens with zero attached hydrogens (tertiary/aromatic N) is 4. The number of hydrogen-bond acceptors (Lipinski definition) is 4. The quantitative estimate of drug-likeness (QED) is 0.661. The van der Waals surface area contributed by atoms with Gasteiger partial charge in [0.15, 0.2) is 0 Å². The number of amides is 1. The van der Waals surface area contributed by atoms with Crippen LogP contribution in [0.25, 0.3) is 5.69 Å². The van der Waals surface area contributed by atoms with E-state index in [4.69, 9.17) is 5.26 Å². The molecule has 0 radical (unpaired) electrons. The number of pyridine rings is 1. The van der Waals surface area contributed by atoms with Crippen molar-refractivity contribution in [2.24, 2.45) is 0 Å². The van der Waals surface area contributed by atoms with Crippen LogP contribution in [0.4, 0.5) is 17.6 Å². The number of halogens is 4. The summed E-state index contributed by atoms with van der Waals surface area (Å²) in [7, 11) is 0. The molecule has 0 spiro atoms. The SMILES string of the molecule is N#Cc1cc(C(=O)N[C@H]2CCc3nn(-c4ccnc(C(F)(F)F)c4)cc32)ccc1F. The Hall–Kier alpha value is -3.74. The van der Waals surface area contributed by atoms with Crippen LogP contribution in [0.1, 0.15) is 45.3 Å². The van der Waals surface area contributed by atoms with Crippen LogP contribution in [0, 0.1) is 17.1 Å². The van der Waals surface area contributed by atoms with Gasteiger partial charge in [-0.05, 0) is 43.2 Å². The summed E-state index contributed by atoms with van der Waals surface area (Å²) in [6.07, 6.45) is -0.822. The number of carbonyl (C=O) groups is 1. The van der Waals surface area contributed by atoms with Gasteiger partial charge in [-0.2, -0.15) is 23.5 Å². The van der Waals surface area contributed by atoms with Crippen LogP contribution in [-0.2, 0) is 12.6 Å². The largest absolute Gasteiger partial charge is 0.433 e. The van der Waals surface area contributed by atoms with Crippen molar-refractivity contribution in [3.8, 4) is 11.8 Å². The van der Waals surface area contributed by atoms with Crippen LogP contribution >= 0.6 is 0 Å². The first-order chi connectivity index (χ1) is 14.3. The number of rotatable bonds is 3. The highest BCUT2D eigenvalue weighted by Crippen LogP contribution is 2.32. The number of nitrogens with one attached hydrogen (secondary N) is 1. The third-order valence-electron chi connectivity index (χ3n) is 4.82. The third kappa shape index (κ3) is 3.61. The molecule has 3 aromatic rings. The molecule has 1 amide bonds. The molecule has 1 aromatic carbocycles. The van der Waals surface area contributed by atoms with Gasteiger partial charge >= 0.3 is 6.18 Å². The summed E-state index contributed by atoms with van der Waals surface area (Å²) in [6, 6.07) is 7.08. The highest BCUT2D eigenvalue weighted by molar-refractivity contribution is 5.94. The second-order valence-electron chi connectivity index (χ2n) is 6.74. The van der Waals surface area contributed by atoms with Crippen molar-refractivity contribution in [3.63, 3.8) is 0 Å². The first-order valence-electron chi connectivity index (χ1n) is 8.89. The van der Waals surface area contributed by atoms with E-state index in [-0.39, 0.29) is 16.8 Å². The van der Waals surface area contributed by atoms with Crippen LogP contribution in [0.15, 0.2) is 42.7 Å². The van der Waals surface area contributed by atoms with Gasteiger partial charge in [-0.25, -0.2) is 9.07 Å². The van der Waals surface area contributed by atoms with Gasteiger partial charge in [0.1, 0.15) is 17.6 Å². The number of aryl methyl sites for hydroxylation is 1. The van der Waals surface area contributed by atoms with Crippen molar-refractivity contribution in [2.75, 3.05) is 0 Å². The Morgan fingerprint density at radius 3 is 2.80 bits per heavy atom. The maximum atomic E-state index is 13.5. The molecule has 1 aliphatic carbocycles. The summed E-state index contributed by atoms with van der Waals surface area (Å²) in [5, 5.41) is 16.0. The second-order valence-corrected chi connectivity index (χ2v) is 6.74. The Bertz CT molecular complexity index is 1180. The highest BCUT2D eigenvalue weighted by Gasteiger charge is 2.33. The molecule has 1 aliphatic rings. The van der Waals surface area contributed by atoms with Crippen molar-refractivity contribution in [3.05, 3.63) is 76.6 Å². The number of hydrogen-bond donors (Lipinski definition) is 1. The van der Waals surface area contributed by atoms with Crippen LogP contribution in [0.3, 0.4) is 0 Å². The molecule has 0 aliphatic heterocycles. The van der Waals surface area contributed by atoms with Crippen molar-refractivity contribution in [1.82, 2.24) is 20.1 Å². The minimum atomic E-state index is -4.57. The minimum Gasteiger partial charge on any atom is -0.345 e. The zero-order valence-electron chi connectivity index (χ0n) is 15.2. The molecular weight excluding hydrogens is 402 g/mol. The van der Waals surface area contributed by atoms with E-state index in [2.05, 4.69) is 15.4 Å². The molecule has 0 fully saturated rings. The van der Waals surface area contributed by atoms with Crippen molar-refractivity contribution in [2.45, 2.75) is 25.1 Å². The van der Waals surface area contributed by atoms with Gasteiger partial charge in [-0.15, -0.1) is 0 Å². The lowest BCUT2D eigenvalue weighted by Gasteiger charge is -2.13. The van der Waals surface area contributed by atoms with E-state index in [1.54, 1.807) is 12.3 Å². The number of carbonyl (C=O) groups excluding carboxylic acids is 1. The van der Waals surface area contributed by atoms with E-state index < -0.39 is 29.6 Å². The second kappa shape index (κ2) is 7.26. The van der Waals surface area contributed by atoms with Gasteiger partial charge in [-0.1, -0.05) is 0 Å². The zero-order valence-corrected chi connectivity index (χ0v) is 15.2. The van der Waals surface area contributed by atoms with Gasteiger partial charge < -0.3 is 5.32 Å². The molecular formula is C20H13F4N5O. The van der Waals surface area contributed by atoms with Crippen molar-refractivity contribution < 1.29 is 22.4 Å². The predicted molar refractivity (Wildman–Crippen MR) is 96.0 cm³/mol. The van der Waals surface area contributed by atoms with Gasteiger partial charge in [0.05, 0.1) is 23.0 Å². The van der Waals surface area contributed by atoms with E-state index in [9.17, 15) is 22.4 Å². The lowest BCUT2D eigenvalue weighted by Crippen LogP contribution is -2.27. The fourth-order valence-electron chi connectivity index (χ4n) is 3.34. The van der Waals surface area contributed by atoms with E-state index in [0.717, 1.165) is 18.3 Å². The molecule has 4 rings (SSSR count). The molecule has 1 N–H and O–H groups in total. The van der Waals surface area contributed by atoms with Gasteiger partial charge in [0.2, 0.25) is 0 Å². The van der Waals surface area contributed by atoms with Crippen molar-refractivity contribution >= 4 is 5.91 Å². The molecule has 10 heteroatoms. The van der Waals surface area contributed by atoms with Crippen LogP contribution < -0.4 is 5.32 Å². The third-order valence-corrected chi connectivity index (χ3v) is 4.82. The Labute approximate surface area is 167 Å². The number of benzene rings is 1. The fraction of sp³-hybridized carbons (Fsp3) is 0.200. The predicted octanol–water partition coefficient (Wildman–Crippen LogP) is 3.71. The average Bonchev–Trinajstić information content (AvgIpc) is 3.30. The first kappa shape index (κ1) is 19.6. The van der Waals surface area contributed by atoms with Gasteiger partial charge in [0.25, 0.3) is 5.91 Å². The summed E-state index contributed by atoms with van der Waals surface area (Å²) >= 11 is 0. The Balaban J connectivity index is 1.57. The maximum absolute atomic E-state index is 13.5. The highest BCUT2D eigenvalue weighted by atomic mass is 19.4. The standard InChI is InChI=1S/C20H13F4N5O/c21-15-2-1-11(7-12(15)9-25)19(30)27-16-3-4-17-14(16)10-29(28-17)13-5-6-26-18(8-13)20(22,23)24/h1-2,5-8,10,16H,3-4H2,(H,27,30)/t16-/m0/s1. The van der Waals surface area contributed by atoms with Crippen LogP contribution in [0.5, 0.6) is 0 Å². The molecule has 0 saturated carbocycles. The molecule has 6 nitrogen and oxygen atoms in total. The number of nitriles is 1. The number of aromatic nitrogens is 3. The first-order valence-corrected chi connectivity index (χ1v) is 8.89. The Morgan fingerprint density at radius 1 is 1.27 bits per heavy atom. The summed E-state index contributed by atoms with van der Waals surface area (Å²) in [6.45, 7) is 0. The Kier molecular flexibility index (Phi) is 4.73. The topological polar surface area (TPSA) is 83.6 Å². The lowest BCUT2D eigenvalue weighted by molar-refractivity contribution is -0.141.